The maximum Gasteiger partial charge on any atom is 0.344 e. The summed E-state index contributed by atoms with van der Waals surface area (Å²) in [5.41, 5.74) is -1.43. The Labute approximate surface area is 354 Å². The first-order chi connectivity index (χ1) is 29.0. The fourth-order valence-electron chi connectivity index (χ4n) is 13.4. The predicted octanol–water partition coefficient (Wildman–Crippen LogP) is 5.06. The van der Waals surface area contributed by atoms with E-state index in [-0.39, 0.29) is 37.9 Å². The van der Waals surface area contributed by atoms with Crippen molar-refractivity contribution >= 4 is 34.5 Å². The van der Waals surface area contributed by atoms with Crippen LogP contribution < -0.4 is 9.64 Å². The Morgan fingerprint density at radius 3 is 2.48 bits per heavy atom. The Hall–Kier alpha value is -4.97. The number of nitrogens with one attached hydrogen (secondary N) is 1. The minimum Gasteiger partial charge on any atom is -0.496 e. The Balaban J connectivity index is 1.36. The molecule has 2 N–H and O–H groups in total. The van der Waals surface area contributed by atoms with Crippen LogP contribution in [0.5, 0.6) is 5.75 Å². The van der Waals surface area contributed by atoms with Crippen molar-refractivity contribution in [2.75, 3.05) is 59.5 Å². The Kier molecular flexibility index (Phi) is 9.51. The minimum atomic E-state index is -2.97. The van der Waals surface area contributed by atoms with Crippen molar-refractivity contribution in [2.45, 2.75) is 93.5 Å². The highest BCUT2D eigenvalue weighted by atomic mass is 19.3. The number of benzene rings is 2. The van der Waals surface area contributed by atoms with Gasteiger partial charge in [0, 0.05) is 102 Å². The second-order valence-corrected chi connectivity index (χ2v) is 18.4. The largest absolute Gasteiger partial charge is 0.496 e. The number of carbonyl (C=O) groups is 3. The Morgan fingerprint density at radius 1 is 1.07 bits per heavy atom. The number of methoxy groups -OCH3 is 3. The lowest BCUT2D eigenvalue weighted by Gasteiger charge is -2.63. The third-order valence-corrected chi connectivity index (χ3v) is 15.5. The maximum absolute atomic E-state index is 15.4. The van der Waals surface area contributed by atoms with Crippen molar-refractivity contribution in [1.29, 1.82) is 0 Å². The van der Waals surface area contributed by atoms with Gasteiger partial charge in [-0.3, -0.25) is 19.4 Å². The van der Waals surface area contributed by atoms with Gasteiger partial charge < -0.3 is 33.9 Å². The number of terminal acetylenes is 1. The molecule has 61 heavy (non-hydrogen) atoms. The van der Waals surface area contributed by atoms with Crippen molar-refractivity contribution in [2.24, 2.45) is 17.3 Å². The summed E-state index contributed by atoms with van der Waals surface area (Å²) in [6, 6.07) is 8.06. The quantitative estimate of drug-likeness (QED) is 0.143. The van der Waals surface area contributed by atoms with Crippen molar-refractivity contribution in [3.8, 4) is 18.1 Å². The predicted molar refractivity (Wildman–Crippen MR) is 222 cm³/mol. The fraction of sp³-hybridized carbons (Fsp3) is 0.553. The standard InChI is InChI=1S/C47H54F2N4O8/c1-9-27-12-13-34-30(19-27)31-25-52-23-28(18-29(24-52)43(4,48)49)22-46(37(31)50-34,41(55)59-7)33-20-32-35(21-36(33)58-6)51(5)39-45(32)15-17-53-16-11-14-44(10-2,38(45)53)40(61-26(3)54)47(39,57)42(56)60-8/h1,11-14,19-21,28-29,38-40,50,57H,10,15-18,22-25H2,2-8H3/t28-,29?,38+,39-,40-,44-,45-,46+,47+/m1/s1. The van der Waals surface area contributed by atoms with Crippen LogP contribution in [0.2, 0.25) is 0 Å². The number of likely N-dealkylation sites (N-methyl/N-ethyl adjacent to an activating group) is 1. The van der Waals surface area contributed by atoms with E-state index in [0.29, 0.717) is 60.7 Å². The molecule has 3 fully saturated rings. The highest BCUT2D eigenvalue weighted by Crippen LogP contribution is 2.68. The molecule has 3 aromatic rings. The number of piperidine rings is 1. The number of hydrogen-bond acceptors (Lipinski definition) is 11. The number of esters is 3. The molecule has 0 amide bonds. The van der Waals surface area contributed by atoms with E-state index >= 15 is 13.6 Å². The molecular formula is C47H54F2N4O8. The molecule has 2 unspecified atom stereocenters. The number of halogens is 2. The monoisotopic (exact) mass is 840 g/mol. The molecule has 324 valence electrons. The first-order valence-electron chi connectivity index (χ1n) is 21.2. The molecule has 9 rings (SSSR count). The van der Waals surface area contributed by atoms with Gasteiger partial charge in [0.25, 0.3) is 0 Å². The van der Waals surface area contributed by atoms with Gasteiger partial charge in [0.1, 0.15) is 11.2 Å². The molecule has 6 heterocycles. The number of alkyl halides is 2. The molecule has 1 aliphatic carbocycles. The molecule has 1 saturated carbocycles. The van der Waals surface area contributed by atoms with E-state index in [1.165, 1.54) is 28.3 Å². The van der Waals surface area contributed by atoms with Crippen molar-refractivity contribution in [3.05, 3.63) is 70.4 Å². The molecule has 0 radical (unpaired) electrons. The van der Waals surface area contributed by atoms with Gasteiger partial charge in [-0.25, -0.2) is 13.6 Å². The number of aliphatic hydroxyl groups is 1. The summed E-state index contributed by atoms with van der Waals surface area (Å²) in [5.74, 6) is -3.39. The minimum absolute atomic E-state index is 0.115. The summed E-state index contributed by atoms with van der Waals surface area (Å²) >= 11 is 0. The molecule has 2 saturated heterocycles. The summed E-state index contributed by atoms with van der Waals surface area (Å²) in [6.45, 7) is 6.34. The highest BCUT2D eigenvalue weighted by molar-refractivity contribution is 5.95. The van der Waals surface area contributed by atoms with Gasteiger partial charge in [-0.05, 0) is 80.5 Å². The summed E-state index contributed by atoms with van der Waals surface area (Å²) in [7, 11) is 5.89. The maximum atomic E-state index is 15.4. The van der Waals surface area contributed by atoms with Crippen LogP contribution in [0.25, 0.3) is 10.9 Å². The van der Waals surface area contributed by atoms with Crippen molar-refractivity contribution in [3.63, 3.8) is 0 Å². The zero-order chi connectivity index (χ0) is 43.6. The third kappa shape index (κ3) is 5.42. The molecule has 12 nitrogen and oxygen atoms in total. The zero-order valence-corrected chi connectivity index (χ0v) is 35.8. The number of ether oxygens (including phenoxy) is 4. The van der Waals surface area contributed by atoms with Crippen molar-refractivity contribution in [1.82, 2.24) is 14.8 Å². The number of H-pyrrole nitrogens is 1. The molecule has 2 bridgehead atoms. The number of aromatic amines is 1. The van der Waals surface area contributed by atoms with Crippen LogP contribution >= 0.6 is 0 Å². The van der Waals surface area contributed by atoms with Crippen LogP contribution in [0.15, 0.2) is 42.5 Å². The summed E-state index contributed by atoms with van der Waals surface area (Å²) in [5, 5.41) is 14.1. The van der Waals surface area contributed by atoms with Crippen LogP contribution in [0.1, 0.15) is 74.4 Å². The van der Waals surface area contributed by atoms with Gasteiger partial charge in [0.15, 0.2) is 6.10 Å². The Bertz CT molecular complexity index is 2420. The number of hydrogen-bond donors (Lipinski definition) is 2. The number of aromatic nitrogens is 1. The van der Waals surface area contributed by atoms with Crippen molar-refractivity contribution < 1.29 is 47.2 Å². The SMILES string of the molecule is C#Cc1ccc2[nH]c3c(c2c1)CN1CC(C(C)(F)F)C[C@@H](C1)C[C@]3(C(=O)OC)c1cc2c(cc1OC)N(C)[C@H]1[C@@](O)(C(=O)OC)[C@H](OC(C)=O)[C@]3(CC)C=CCN4CC[C@]21[C@@H]43. The molecule has 10 atom stereocenters. The molecule has 14 heteroatoms. The second kappa shape index (κ2) is 14.0. The van der Waals surface area contributed by atoms with Gasteiger partial charge in [-0.1, -0.05) is 25.0 Å². The first-order valence-corrected chi connectivity index (χ1v) is 21.2. The van der Waals surface area contributed by atoms with Gasteiger partial charge in [0.05, 0.1) is 27.4 Å². The lowest BCUT2D eigenvalue weighted by Crippen LogP contribution is -2.81. The average molecular weight is 841 g/mol. The lowest BCUT2D eigenvalue weighted by atomic mass is 9.47. The third-order valence-electron chi connectivity index (χ3n) is 15.5. The topological polar surface area (TPSA) is 134 Å². The first kappa shape index (κ1) is 41.4. The van der Waals surface area contributed by atoms with E-state index in [9.17, 15) is 14.7 Å². The lowest BCUT2D eigenvalue weighted by molar-refractivity contribution is -0.228. The van der Waals surface area contributed by atoms with E-state index in [4.69, 9.17) is 25.4 Å². The molecular weight excluding hydrogens is 787 g/mol. The number of nitrogens with zero attached hydrogens (tertiary/aromatic N) is 3. The van der Waals surface area contributed by atoms with Crippen LogP contribution in [0.4, 0.5) is 14.5 Å². The number of carbonyl (C=O) groups excluding carboxylic acids is 3. The zero-order valence-electron chi connectivity index (χ0n) is 35.8. The summed E-state index contributed by atoms with van der Waals surface area (Å²) in [4.78, 5) is 52.6. The van der Waals surface area contributed by atoms with Crippen LogP contribution in [-0.2, 0) is 46.0 Å². The van der Waals surface area contributed by atoms with Crippen LogP contribution in [0.3, 0.4) is 0 Å². The molecule has 1 spiro atoms. The van der Waals surface area contributed by atoms with Gasteiger partial charge in [-0.15, -0.1) is 6.42 Å². The molecule has 2 aromatic carbocycles. The van der Waals surface area contributed by atoms with E-state index < -0.39 is 63.7 Å². The average Bonchev–Trinajstić information content (AvgIpc) is 3.89. The van der Waals surface area contributed by atoms with Crippen LogP contribution in [0, 0.1) is 29.6 Å². The normalized spacial score (nSPS) is 34.9. The van der Waals surface area contributed by atoms with E-state index in [1.54, 1.807) is 0 Å². The fourth-order valence-corrected chi connectivity index (χ4v) is 13.4. The summed E-state index contributed by atoms with van der Waals surface area (Å²) < 4.78 is 54.5. The van der Waals surface area contributed by atoms with Gasteiger partial charge >= 0.3 is 17.9 Å². The number of fused-ring (bicyclic) bond motifs is 6. The number of rotatable bonds is 7. The van der Waals surface area contributed by atoms with E-state index in [1.807, 2.05) is 61.4 Å². The smallest absolute Gasteiger partial charge is 0.344 e. The van der Waals surface area contributed by atoms with E-state index in [2.05, 4.69) is 20.7 Å². The Morgan fingerprint density at radius 2 is 1.82 bits per heavy atom. The summed E-state index contributed by atoms with van der Waals surface area (Å²) in [6.07, 6.45) is 9.81. The molecule has 6 aliphatic rings. The van der Waals surface area contributed by atoms with Gasteiger partial charge in [0.2, 0.25) is 11.5 Å². The van der Waals surface area contributed by atoms with Crippen LogP contribution in [-0.4, -0.2) is 122 Å². The molecule has 5 aliphatic heterocycles. The second-order valence-electron chi connectivity index (χ2n) is 18.4. The highest BCUT2D eigenvalue weighted by Gasteiger charge is 2.80. The number of anilines is 1. The van der Waals surface area contributed by atoms with E-state index in [0.717, 1.165) is 29.0 Å². The molecule has 1 aromatic heterocycles. The van der Waals surface area contributed by atoms with Gasteiger partial charge in [-0.2, -0.15) is 0 Å².